The smallest absolute Gasteiger partial charge is 0.231 e. The summed E-state index contributed by atoms with van der Waals surface area (Å²) >= 11 is 4.19. The number of fused-ring (bicyclic) bond motifs is 1. The van der Waals surface area contributed by atoms with Gasteiger partial charge in [-0.05, 0) is 17.7 Å². The summed E-state index contributed by atoms with van der Waals surface area (Å²) in [5.41, 5.74) is 1.06. The van der Waals surface area contributed by atoms with Gasteiger partial charge >= 0.3 is 0 Å². The van der Waals surface area contributed by atoms with Gasteiger partial charge in [-0.25, -0.2) is 0 Å². The number of benzene rings is 1. The molecule has 4 heteroatoms. The maximum Gasteiger partial charge on any atom is 0.231 e. The Labute approximate surface area is 82.0 Å². The van der Waals surface area contributed by atoms with E-state index < -0.39 is 0 Å². The average molecular weight is 198 g/mol. The predicted octanol–water partition coefficient (Wildman–Crippen LogP) is 1.85. The molecule has 0 saturated heterocycles. The van der Waals surface area contributed by atoms with Crippen LogP contribution in [-0.2, 0) is 5.75 Å². The molecule has 0 aromatic heterocycles. The van der Waals surface area contributed by atoms with Crippen molar-refractivity contribution in [2.75, 3.05) is 13.9 Å². The zero-order chi connectivity index (χ0) is 9.26. The van der Waals surface area contributed by atoms with Crippen molar-refractivity contribution in [2.45, 2.75) is 5.75 Å². The summed E-state index contributed by atoms with van der Waals surface area (Å²) in [5, 5.41) is 0. The second kappa shape index (κ2) is 3.38. The van der Waals surface area contributed by atoms with Gasteiger partial charge in [0.2, 0.25) is 12.5 Å². The van der Waals surface area contributed by atoms with Gasteiger partial charge in [0.1, 0.15) is 0 Å². The number of methoxy groups -OCH3 is 1. The Morgan fingerprint density at radius 2 is 2.31 bits per heavy atom. The van der Waals surface area contributed by atoms with Crippen LogP contribution in [-0.4, -0.2) is 13.9 Å². The standard InChI is InChI=1S/C9H10O3S/c1-10-7-2-6(4-13)3-8-9(7)12-5-11-8/h2-3,13H,4-5H2,1H3. The Hall–Kier alpha value is -1.03. The lowest BCUT2D eigenvalue weighted by molar-refractivity contribution is 0.171. The van der Waals surface area contributed by atoms with Crippen molar-refractivity contribution < 1.29 is 14.2 Å². The van der Waals surface area contributed by atoms with Gasteiger partial charge in [-0.3, -0.25) is 0 Å². The second-order valence-electron chi connectivity index (χ2n) is 2.69. The molecule has 1 aromatic carbocycles. The van der Waals surface area contributed by atoms with Crippen molar-refractivity contribution in [3.63, 3.8) is 0 Å². The fraction of sp³-hybridized carbons (Fsp3) is 0.333. The van der Waals surface area contributed by atoms with Crippen LogP contribution in [0.5, 0.6) is 17.2 Å². The van der Waals surface area contributed by atoms with Crippen LogP contribution in [0.1, 0.15) is 5.56 Å². The molecule has 0 aliphatic carbocycles. The van der Waals surface area contributed by atoms with Crippen molar-refractivity contribution in [3.05, 3.63) is 17.7 Å². The van der Waals surface area contributed by atoms with E-state index >= 15 is 0 Å². The van der Waals surface area contributed by atoms with Gasteiger partial charge in [-0.15, -0.1) is 0 Å². The zero-order valence-electron chi connectivity index (χ0n) is 7.24. The molecule has 2 rings (SSSR count). The molecular formula is C9H10O3S. The van der Waals surface area contributed by atoms with E-state index in [1.807, 2.05) is 12.1 Å². The molecule has 3 nitrogen and oxygen atoms in total. The van der Waals surface area contributed by atoms with E-state index in [-0.39, 0.29) is 6.79 Å². The first kappa shape index (κ1) is 8.56. The minimum atomic E-state index is 0.266. The zero-order valence-corrected chi connectivity index (χ0v) is 8.14. The monoisotopic (exact) mass is 198 g/mol. The fourth-order valence-corrected chi connectivity index (χ4v) is 1.46. The predicted molar refractivity (Wildman–Crippen MR) is 51.8 cm³/mol. The Balaban J connectivity index is 2.49. The van der Waals surface area contributed by atoms with Gasteiger partial charge in [0.25, 0.3) is 0 Å². The Kier molecular flexibility index (Phi) is 2.22. The van der Waals surface area contributed by atoms with Gasteiger partial charge in [0.15, 0.2) is 11.5 Å². The van der Waals surface area contributed by atoms with E-state index in [9.17, 15) is 0 Å². The van der Waals surface area contributed by atoms with Gasteiger partial charge in [-0.1, -0.05) is 0 Å². The Morgan fingerprint density at radius 3 is 3.00 bits per heavy atom. The molecule has 1 aliphatic heterocycles. The van der Waals surface area contributed by atoms with Crippen LogP contribution in [0.4, 0.5) is 0 Å². The lowest BCUT2D eigenvalue weighted by Gasteiger charge is -2.06. The molecule has 1 aromatic rings. The molecule has 0 bridgehead atoms. The molecular weight excluding hydrogens is 188 g/mol. The number of rotatable bonds is 2. The second-order valence-corrected chi connectivity index (χ2v) is 3.01. The topological polar surface area (TPSA) is 27.7 Å². The summed E-state index contributed by atoms with van der Waals surface area (Å²) < 4.78 is 15.7. The summed E-state index contributed by atoms with van der Waals surface area (Å²) in [6.07, 6.45) is 0. The Bertz CT molecular complexity index is 325. The van der Waals surface area contributed by atoms with Crippen LogP contribution in [0.3, 0.4) is 0 Å². The van der Waals surface area contributed by atoms with Gasteiger partial charge in [0.05, 0.1) is 7.11 Å². The maximum atomic E-state index is 5.25. The summed E-state index contributed by atoms with van der Waals surface area (Å²) in [4.78, 5) is 0. The largest absolute Gasteiger partial charge is 0.493 e. The highest BCUT2D eigenvalue weighted by Crippen LogP contribution is 2.41. The van der Waals surface area contributed by atoms with Gasteiger partial charge in [-0.2, -0.15) is 12.6 Å². The van der Waals surface area contributed by atoms with E-state index in [4.69, 9.17) is 14.2 Å². The van der Waals surface area contributed by atoms with Crippen molar-refractivity contribution in [3.8, 4) is 17.2 Å². The van der Waals surface area contributed by atoms with E-state index in [0.29, 0.717) is 17.3 Å². The summed E-state index contributed by atoms with van der Waals surface area (Å²) in [5.74, 6) is 2.79. The number of thiol groups is 1. The lowest BCUT2D eigenvalue weighted by atomic mass is 10.2. The third-order valence-corrected chi connectivity index (χ3v) is 2.27. The molecule has 0 radical (unpaired) electrons. The molecule has 70 valence electrons. The minimum Gasteiger partial charge on any atom is -0.493 e. The molecule has 0 N–H and O–H groups in total. The summed E-state index contributed by atoms with van der Waals surface area (Å²) in [6.45, 7) is 0.266. The van der Waals surface area contributed by atoms with Crippen molar-refractivity contribution in [1.82, 2.24) is 0 Å². The molecule has 1 heterocycles. The molecule has 13 heavy (non-hydrogen) atoms. The lowest BCUT2D eigenvalue weighted by Crippen LogP contribution is -1.93. The van der Waals surface area contributed by atoms with Gasteiger partial charge < -0.3 is 14.2 Å². The highest BCUT2D eigenvalue weighted by molar-refractivity contribution is 7.79. The van der Waals surface area contributed by atoms with Gasteiger partial charge in [0, 0.05) is 5.75 Å². The normalized spacial score (nSPS) is 13.1. The van der Waals surface area contributed by atoms with Crippen LogP contribution >= 0.6 is 12.6 Å². The molecule has 0 spiro atoms. The fourth-order valence-electron chi connectivity index (χ4n) is 1.28. The highest BCUT2D eigenvalue weighted by atomic mass is 32.1. The van der Waals surface area contributed by atoms with E-state index in [1.165, 1.54) is 0 Å². The van der Waals surface area contributed by atoms with Crippen molar-refractivity contribution >= 4 is 12.6 Å². The molecule has 0 unspecified atom stereocenters. The first-order valence-corrected chi connectivity index (χ1v) is 4.55. The molecule has 0 amide bonds. The number of hydrogen-bond acceptors (Lipinski definition) is 4. The molecule has 0 atom stereocenters. The molecule has 0 saturated carbocycles. The maximum absolute atomic E-state index is 5.25. The SMILES string of the molecule is COc1cc(CS)cc2c1OCO2. The summed E-state index contributed by atoms with van der Waals surface area (Å²) in [7, 11) is 1.61. The quantitative estimate of drug-likeness (QED) is 0.735. The first-order valence-electron chi connectivity index (χ1n) is 3.92. The summed E-state index contributed by atoms with van der Waals surface area (Å²) in [6, 6.07) is 3.82. The molecule has 0 fully saturated rings. The van der Waals surface area contributed by atoms with Crippen LogP contribution in [0.2, 0.25) is 0 Å². The van der Waals surface area contributed by atoms with E-state index in [1.54, 1.807) is 7.11 Å². The van der Waals surface area contributed by atoms with Crippen LogP contribution in [0.25, 0.3) is 0 Å². The highest BCUT2D eigenvalue weighted by Gasteiger charge is 2.19. The average Bonchev–Trinajstić information content (AvgIpc) is 2.63. The van der Waals surface area contributed by atoms with E-state index in [0.717, 1.165) is 11.3 Å². The third-order valence-electron chi connectivity index (χ3n) is 1.90. The van der Waals surface area contributed by atoms with Crippen LogP contribution in [0, 0.1) is 0 Å². The third kappa shape index (κ3) is 1.42. The van der Waals surface area contributed by atoms with Crippen LogP contribution in [0.15, 0.2) is 12.1 Å². The number of ether oxygens (including phenoxy) is 3. The first-order chi connectivity index (χ1) is 6.35. The number of hydrogen-bond donors (Lipinski definition) is 1. The van der Waals surface area contributed by atoms with E-state index in [2.05, 4.69) is 12.6 Å². The van der Waals surface area contributed by atoms with Crippen molar-refractivity contribution in [2.24, 2.45) is 0 Å². The minimum absolute atomic E-state index is 0.266. The van der Waals surface area contributed by atoms with Crippen molar-refractivity contribution in [1.29, 1.82) is 0 Å². The van der Waals surface area contributed by atoms with Crippen LogP contribution < -0.4 is 14.2 Å². The Morgan fingerprint density at radius 1 is 1.46 bits per heavy atom. The molecule has 1 aliphatic rings.